The van der Waals surface area contributed by atoms with Gasteiger partial charge in [-0.2, -0.15) is 15.8 Å². The van der Waals surface area contributed by atoms with Crippen LogP contribution >= 0.6 is 0 Å². The van der Waals surface area contributed by atoms with Crippen LogP contribution in [0.2, 0.25) is 0 Å². The van der Waals surface area contributed by atoms with Gasteiger partial charge in [-0.1, -0.05) is 78.1 Å². The quantitative estimate of drug-likeness (QED) is 0.376. The Bertz CT molecular complexity index is 792. The molecular formula is C26H38N4O2. The molecule has 5 atom stereocenters. The van der Waals surface area contributed by atoms with Crippen LogP contribution in [-0.2, 0) is 9.47 Å². The number of nitrogens with one attached hydrogen (secondary N) is 1. The molecule has 3 rings (SSSR count). The van der Waals surface area contributed by atoms with Crippen molar-refractivity contribution in [1.82, 2.24) is 0 Å². The van der Waals surface area contributed by atoms with Gasteiger partial charge in [0.05, 0.1) is 30.2 Å². The zero-order chi connectivity index (χ0) is 23.2. The molecule has 0 spiro atoms. The van der Waals surface area contributed by atoms with Crippen molar-refractivity contribution in [3.63, 3.8) is 0 Å². The second-order valence-electron chi connectivity index (χ2n) is 10.0. The molecule has 2 saturated heterocycles. The minimum atomic E-state index is -1.71. The van der Waals surface area contributed by atoms with E-state index in [0.29, 0.717) is 25.2 Å². The zero-order valence-electron chi connectivity index (χ0n) is 19.8. The first kappa shape index (κ1) is 24.5. The van der Waals surface area contributed by atoms with E-state index in [1.807, 2.05) is 0 Å². The summed E-state index contributed by atoms with van der Waals surface area (Å²) in [5.41, 5.74) is -3.26. The maximum Gasteiger partial charge on any atom is 0.217 e. The second-order valence-corrected chi connectivity index (χ2v) is 10.0. The smallest absolute Gasteiger partial charge is 0.217 e. The number of unbranched alkanes of at least 4 members (excludes halogenated alkanes) is 7. The average molecular weight is 439 g/mol. The van der Waals surface area contributed by atoms with Gasteiger partial charge in [0.1, 0.15) is 0 Å². The monoisotopic (exact) mass is 438 g/mol. The second kappa shape index (κ2) is 10.2. The third-order valence-corrected chi connectivity index (χ3v) is 8.15. The van der Waals surface area contributed by atoms with Crippen molar-refractivity contribution < 1.29 is 9.47 Å². The van der Waals surface area contributed by atoms with Crippen LogP contribution in [0, 0.1) is 62.1 Å². The lowest BCUT2D eigenvalue weighted by Gasteiger charge is -2.52. The lowest BCUT2D eigenvalue weighted by Crippen LogP contribution is -2.64. The van der Waals surface area contributed by atoms with Crippen molar-refractivity contribution in [2.75, 3.05) is 0 Å². The largest absolute Gasteiger partial charge is 0.447 e. The van der Waals surface area contributed by atoms with Gasteiger partial charge >= 0.3 is 0 Å². The molecule has 0 radical (unpaired) electrons. The van der Waals surface area contributed by atoms with Crippen LogP contribution in [-0.4, -0.2) is 17.8 Å². The lowest BCUT2D eigenvalue weighted by atomic mass is 9.50. The molecular weight excluding hydrogens is 400 g/mol. The van der Waals surface area contributed by atoms with Gasteiger partial charge < -0.3 is 9.47 Å². The van der Waals surface area contributed by atoms with Crippen LogP contribution < -0.4 is 0 Å². The van der Waals surface area contributed by atoms with E-state index in [0.717, 1.165) is 38.5 Å². The molecule has 32 heavy (non-hydrogen) atoms. The van der Waals surface area contributed by atoms with Crippen molar-refractivity contribution >= 4 is 5.90 Å². The highest BCUT2D eigenvalue weighted by molar-refractivity contribution is 5.89. The predicted octanol–water partition coefficient (Wildman–Crippen LogP) is 6.38. The predicted molar refractivity (Wildman–Crippen MR) is 121 cm³/mol. The molecule has 1 saturated carbocycles. The Balaban J connectivity index is 1.79. The zero-order valence-corrected chi connectivity index (χ0v) is 19.8. The van der Waals surface area contributed by atoms with E-state index >= 15 is 0 Å². The summed E-state index contributed by atoms with van der Waals surface area (Å²) in [7, 11) is 0. The van der Waals surface area contributed by atoms with Gasteiger partial charge in [0.25, 0.3) is 0 Å². The Morgan fingerprint density at radius 2 is 1.56 bits per heavy atom. The molecule has 0 amide bonds. The fourth-order valence-corrected chi connectivity index (χ4v) is 6.42. The molecule has 1 aliphatic carbocycles. The Labute approximate surface area is 193 Å². The van der Waals surface area contributed by atoms with Crippen LogP contribution in [0.4, 0.5) is 0 Å². The standard InChI is InChI=1S/C26H38N4O2/c1-3-5-6-7-8-9-10-11-13-22-24(17-27,18-28)25(19-29)21-16-20(12-4-2)14-15-26(21,31-22)32-23(25)30/h20-22,30H,3-16H2,1-2H3. The molecule has 3 aliphatic rings. The molecule has 6 nitrogen and oxygen atoms in total. The first-order chi connectivity index (χ1) is 15.5. The fraction of sp³-hybridized carbons (Fsp3) is 0.846. The minimum Gasteiger partial charge on any atom is -0.447 e. The summed E-state index contributed by atoms with van der Waals surface area (Å²) in [5, 5.41) is 39.6. The summed E-state index contributed by atoms with van der Waals surface area (Å²) in [4.78, 5) is 0. The summed E-state index contributed by atoms with van der Waals surface area (Å²) in [6.45, 7) is 4.36. The average Bonchev–Trinajstić information content (AvgIpc) is 3.00. The number of ether oxygens (including phenoxy) is 2. The van der Waals surface area contributed by atoms with Crippen molar-refractivity contribution in [2.45, 2.75) is 116 Å². The van der Waals surface area contributed by atoms with Gasteiger partial charge in [-0.3, -0.25) is 5.41 Å². The number of nitrogens with zero attached hydrogens (tertiary/aromatic N) is 3. The molecule has 0 aromatic heterocycles. The van der Waals surface area contributed by atoms with Gasteiger partial charge in [-0.05, 0) is 25.2 Å². The molecule has 2 bridgehead atoms. The molecule has 6 heteroatoms. The molecule has 3 fully saturated rings. The van der Waals surface area contributed by atoms with Crippen LogP contribution in [0.1, 0.15) is 104 Å². The van der Waals surface area contributed by atoms with Crippen molar-refractivity contribution in [3.8, 4) is 18.2 Å². The fourth-order valence-electron chi connectivity index (χ4n) is 6.42. The number of rotatable bonds is 11. The maximum absolute atomic E-state index is 10.4. The molecule has 5 unspecified atom stereocenters. The van der Waals surface area contributed by atoms with Crippen molar-refractivity contribution in [2.24, 2.45) is 22.7 Å². The highest BCUT2D eigenvalue weighted by Gasteiger charge is 2.80. The van der Waals surface area contributed by atoms with Gasteiger partial charge in [-0.15, -0.1) is 0 Å². The lowest BCUT2D eigenvalue weighted by molar-refractivity contribution is -0.297. The topological polar surface area (TPSA) is 114 Å². The van der Waals surface area contributed by atoms with E-state index < -0.39 is 28.6 Å². The maximum atomic E-state index is 10.4. The minimum absolute atomic E-state index is 0.233. The van der Waals surface area contributed by atoms with Gasteiger partial charge in [-0.25, -0.2) is 0 Å². The summed E-state index contributed by atoms with van der Waals surface area (Å²) >= 11 is 0. The SMILES string of the molecule is CCCCCCCCCCC1OC23CCC(CCC)CC2C(C#N)(C(=N)O3)C1(C#N)C#N. The van der Waals surface area contributed by atoms with Crippen LogP contribution in [0.25, 0.3) is 0 Å². The Kier molecular flexibility index (Phi) is 7.84. The van der Waals surface area contributed by atoms with E-state index in [1.165, 1.54) is 32.1 Å². The van der Waals surface area contributed by atoms with E-state index in [4.69, 9.17) is 14.9 Å². The van der Waals surface area contributed by atoms with Crippen molar-refractivity contribution in [1.29, 1.82) is 21.2 Å². The Morgan fingerprint density at radius 3 is 2.16 bits per heavy atom. The molecule has 2 aliphatic heterocycles. The van der Waals surface area contributed by atoms with E-state index in [9.17, 15) is 15.8 Å². The summed E-state index contributed by atoms with van der Waals surface area (Å²) in [6, 6.07) is 6.67. The number of hydrogen-bond donors (Lipinski definition) is 1. The van der Waals surface area contributed by atoms with E-state index in [2.05, 4.69) is 32.1 Å². The van der Waals surface area contributed by atoms with Crippen LogP contribution in [0.5, 0.6) is 0 Å². The third-order valence-electron chi connectivity index (χ3n) is 8.15. The van der Waals surface area contributed by atoms with Crippen LogP contribution in [0.3, 0.4) is 0 Å². The summed E-state index contributed by atoms with van der Waals surface area (Å²) < 4.78 is 12.5. The van der Waals surface area contributed by atoms with E-state index in [1.54, 1.807) is 0 Å². The molecule has 2 heterocycles. The highest BCUT2D eigenvalue weighted by Crippen LogP contribution is 2.67. The summed E-state index contributed by atoms with van der Waals surface area (Å²) in [5.74, 6) is -1.29. The van der Waals surface area contributed by atoms with E-state index in [-0.39, 0.29) is 5.90 Å². The molecule has 0 aromatic rings. The first-order valence-electron chi connectivity index (χ1n) is 12.7. The number of hydrogen-bond acceptors (Lipinski definition) is 6. The van der Waals surface area contributed by atoms with Crippen molar-refractivity contribution in [3.05, 3.63) is 0 Å². The molecule has 174 valence electrons. The Morgan fingerprint density at radius 1 is 0.906 bits per heavy atom. The van der Waals surface area contributed by atoms with Gasteiger partial charge in [0.2, 0.25) is 11.7 Å². The first-order valence-corrected chi connectivity index (χ1v) is 12.7. The van der Waals surface area contributed by atoms with Gasteiger partial charge in [0.15, 0.2) is 10.8 Å². The number of nitriles is 3. The third kappa shape index (κ3) is 3.80. The summed E-state index contributed by atoms with van der Waals surface area (Å²) in [6.07, 6.45) is 13.4. The Hall–Kier alpha value is -2.10. The molecule has 0 aromatic carbocycles. The van der Waals surface area contributed by atoms with Crippen LogP contribution in [0.15, 0.2) is 0 Å². The highest BCUT2D eigenvalue weighted by atomic mass is 16.7. The normalized spacial score (nSPS) is 34.6. The van der Waals surface area contributed by atoms with Gasteiger partial charge in [0, 0.05) is 6.42 Å². The molecule has 1 N–H and O–H groups in total.